The summed E-state index contributed by atoms with van der Waals surface area (Å²) in [4.78, 5) is 11.9. The molecule has 4 heteroatoms. The third-order valence-corrected chi connectivity index (χ3v) is 7.98. The van der Waals surface area contributed by atoms with E-state index in [0.717, 1.165) is 25.7 Å². The summed E-state index contributed by atoms with van der Waals surface area (Å²) in [5, 5.41) is 30.6. The molecule has 1 aromatic rings. The van der Waals surface area contributed by atoms with Crippen LogP contribution in [0.3, 0.4) is 0 Å². The van der Waals surface area contributed by atoms with Crippen molar-refractivity contribution < 1.29 is 20.1 Å². The summed E-state index contributed by atoms with van der Waals surface area (Å²) in [5.74, 6) is 0.562. The Balaban J connectivity index is 1.47. The van der Waals surface area contributed by atoms with Crippen LogP contribution in [0.1, 0.15) is 49.1 Å². The van der Waals surface area contributed by atoms with Crippen molar-refractivity contribution in [3.05, 3.63) is 35.4 Å². The molecular formula is C21H26O4. The molecule has 0 bridgehead atoms. The van der Waals surface area contributed by atoms with Crippen LogP contribution in [0.2, 0.25) is 0 Å². The fraction of sp³-hybridized carbons (Fsp3) is 0.667. The number of aliphatic carboxylic acids is 1. The number of aryl methyl sites for hydroxylation is 1. The summed E-state index contributed by atoms with van der Waals surface area (Å²) < 4.78 is 0. The highest BCUT2D eigenvalue weighted by Gasteiger charge is 2.70. The van der Waals surface area contributed by atoms with Crippen molar-refractivity contribution in [1.29, 1.82) is 0 Å². The Labute approximate surface area is 147 Å². The van der Waals surface area contributed by atoms with Crippen LogP contribution in [0.15, 0.2) is 24.3 Å². The largest absolute Gasteiger partial charge is 0.481 e. The van der Waals surface area contributed by atoms with Crippen LogP contribution >= 0.6 is 0 Å². The second kappa shape index (κ2) is 5.31. The van der Waals surface area contributed by atoms with E-state index in [1.807, 2.05) is 0 Å². The van der Waals surface area contributed by atoms with Gasteiger partial charge in [0.15, 0.2) is 0 Å². The highest BCUT2D eigenvalue weighted by Crippen LogP contribution is 2.65. The van der Waals surface area contributed by atoms with Crippen molar-refractivity contribution in [1.82, 2.24) is 0 Å². The number of rotatable bonds is 2. The molecule has 4 aliphatic rings. The summed E-state index contributed by atoms with van der Waals surface area (Å²) >= 11 is 0. The molecule has 3 saturated carbocycles. The first-order valence-corrected chi connectivity index (χ1v) is 9.71. The minimum Gasteiger partial charge on any atom is -0.481 e. The van der Waals surface area contributed by atoms with Gasteiger partial charge in [-0.25, -0.2) is 0 Å². The van der Waals surface area contributed by atoms with Crippen molar-refractivity contribution >= 4 is 5.97 Å². The zero-order chi connectivity index (χ0) is 17.3. The molecule has 6 unspecified atom stereocenters. The summed E-state index contributed by atoms with van der Waals surface area (Å²) in [6.45, 7) is 0. The Morgan fingerprint density at radius 1 is 1.04 bits per heavy atom. The molecule has 3 fully saturated rings. The molecule has 3 N–H and O–H groups in total. The lowest BCUT2D eigenvalue weighted by atomic mass is 9.59. The van der Waals surface area contributed by atoms with Crippen LogP contribution in [0.25, 0.3) is 0 Å². The first kappa shape index (κ1) is 15.8. The topological polar surface area (TPSA) is 77.8 Å². The number of aliphatic hydroxyl groups excluding tert-OH is 2. The van der Waals surface area contributed by atoms with Crippen LogP contribution in [0, 0.1) is 29.1 Å². The summed E-state index contributed by atoms with van der Waals surface area (Å²) in [5.41, 5.74) is 1.87. The highest BCUT2D eigenvalue weighted by molar-refractivity contribution is 5.80. The predicted octanol–water partition coefficient (Wildman–Crippen LogP) is 2.58. The van der Waals surface area contributed by atoms with E-state index in [9.17, 15) is 20.1 Å². The molecule has 0 heterocycles. The van der Waals surface area contributed by atoms with Gasteiger partial charge in [-0.05, 0) is 73.3 Å². The zero-order valence-electron chi connectivity index (χ0n) is 14.3. The van der Waals surface area contributed by atoms with Gasteiger partial charge < -0.3 is 15.3 Å². The number of aliphatic hydroxyl groups is 2. The number of carboxylic acids is 1. The van der Waals surface area contributed by atoms with Crippen LogP contribution in [0.5, 0.6) is 0 Å². The number of carboxylic acid groups (broad SMARTS) is 1. The first-order chi connectivity index (χ1) is 12.0. The summed E-state index contributed by atoms with van der Waals surface area (Å²) in [7, 11) is 0. The molecule has 134 valence electrons. The van der Waals surface area contributed by atoms with Crippen LogP contribution in [0.4, 0.5) is 0 Å². The first-order valence-electron chi connectivity index (χ1n) is 9.71. The van der Waals surface area contributed by atoms with E-state index in [0.29, 0.717) is 30.6 Å². The molecule has 0 aromatic heterocycles. The van der Waals surface area contributed by atoms with Crippen LogP contribution in [-0.2, 0) is 11.2 Å². The third-order valence-electron chi connectivity index (χ3n) is 7.98. The van der Waals surface area contributed by atoms with Gasteiger partial charge >= 0.3 is 5.97 Å². The fourth-order valence-corrected chi connectivity index (χ4v) is 6.89. The van der Waals surface area contributed by atoms with Crippen LogP contribution < -0.4 is 0 Å². The molecule has 0 aliphatic heterocycles. The molecular weight excluding hydrogens is 316 g/mol. The van der Waals surface area contributed by atoms with Crippen LogP contribution in [-0.4, -0.2) is 33.5 Å². The highest BCUT2D eigenvalue weighted by atomic mass is 16.4. The Morgan fingerprint density at radius 2 is 1.80 bits per heavy atom. The third kappa shape index (κ3) is 2.04. The van der Waals surface area contributed by atoms with Gasteiger partial charge in [0.25, 0.3) is 0 Å². The second-order valence-corrected chi connectivity index (χ2v) is 8.81. The average Bonchev–Trinajstić information content (AvgIpc) is 3.16. The Morgan fingerprint density at radius 3 is 2.52 bits per heavy atom. The van der Waals surface area contributed by atoms with Crippen molar-refractivity contribution in [3.8, 4) is 0 Å². The average molecular weight is 342 g/mol. The van der Waals surface area contributed by atoms with E-state index in [1.165, 1.54) is 11.1 Å². The molecule has 4 nitrogen and oxygen atoms in total. The molecule has 0 saturated heterocycles. The number of fused-ring (bicyclic) bond motifs is 5. The summed E-state index contributed by atoms with van der Waals surface area (Å²) in [6, 6.07) is 8.74. The Hall–Kier alpha value is -1.39. The maximum atomic E-state index is 11.9. The number of carbonyl (C=O) groups is 1. The standard InChI is InChI=1S/C21H26O4/c22-17-9-16-14-6-5-11-3-1-2-4-12(11)13(14)7-8-15(16)19(17)21(20(24)25)10-18(21)23/h1-4,13-19,22-23H,5-10H2,(H,24,25)/t13?,14?,15?,16?,17-,18?,19+,21?/m1/s1. The molecule has 4 aliphatic carbocycles. The Bertz CT molecular complexity index is 716. The molecule has 8 atom stereocenters. The van der Waals surface area contributed by atoms with E-state index in [-0.39, 0.29) is 11.8 Å². The zero-order valence-corrected chi connectivity index (χ0v) is 14.3. The monoisotopic (exact) mass is 342 g/mol. The van der Waals surface area contributed by atoms with Crippen molar-refractivity contribution in [3.63, 3.8) is 0 Å². The van der Waals surface area contributed by atoms with Gasteiger partial charge in [0.2, 0.25) is 0 Å². The number of hydrogen-bond acceptors (Lipinski definition) is 3. The summed E-state index contributed by atoms with van der Waals surface area (Å²) in [6.07, 6.45) is 3.94. The molecule has 1 aromatic carbocycles. The number of hydrogen-bond donors (Lipinski definition) is 3. The predicted molar refractivity (Wildman–Crippen MR) is 92.0 cm³/mol. The second-order valence-electron chi connectivity index (χ2n) is 8.81. The van der Waals surface area contributed by atoms with E-state index >= 15 is 0 Å². The van der Waals surface area contributed by atoms with Gasteiger partial charge in [-0.1, -0.05) is 24.3 Å². The SMILES string of the molecule is O=C(O)C1([C@H]2C3CCC4c5ccccc5CCC4C3C[C@H]2O)CC1O. The lowest BCUT2D eigenvalue weighted by Crippen LogP contribution is -2.41. The minimum absolute atomic E-state index is 0.245. The lowest BCUT2D eigenvalue weighted by Gasteiger charge is -2.45. The van der Waals surface area contributed by atoms with E-state index in [2.05, 4.69) is 24.3 Å². The Kier molecular flexibility index (Phi) is 3.36. The molecule has 0 spiro atoms. The van der Waals surface area contributed by atoms with E-state index in [4.69, 9.17) is 0 Å². The molecule has 0 radical (unpaired) electrons. The lowest BCUT2D eigenvalue weighted by molar-refractivity contribution is -0.150. The van der Waals surface area contributed by atoms with Gasteiger partial charge in [-0.2, -0.15) is 0 Å². The maximum absolute atomic E-state index is 11.9. The van der Waals surface area contributed by atoms with E-state index in [1.54, 1.807) is 0 Å². The minimum atomic E-state index is -1.09. The maximum Gasteiger partial charge on any atom is 0.312 e. The quantitative estimate of drug-likeness (QED) is 0.772. The molecule has 5 rings (SSSR count). The smallest absolute Gasteiger partial charge is 0.312 e. The van der Waals surface area contributed by atoms with Gasteiger partial charge in [0, 0.05) is 5.92 Å². The fourth-order valence-electron chi connectivity index (χ4n) is 6.89. The van der Waals surface area contributed by atoms with Gasteiger partial charge in [-0.3, -0.25) is 4.79 Å². The van der Waals surface area contributed by atoms with Gasteiger partial charge in [-0.15, -0.1) is 0 Å². The van der Waals surface area contributed by atoms with Gasteiger partial charge in [0.1, 0.15) is 5.41 Å². The molecule has 25 heavy (non-hydrogen) atoms. The van der Waals surface area contributed by atoms with Crippen molar-refractivity contribution in [2.24, 2.45) is 29.1 Å². The van der Waals surface area contributed by atoms with Crippen molar-refractivity contribution in [2.45, 2.75) is 56.7 Å². The van der Waals surface area contributed by atoms with E-state index < -0.39 is 23.6 Å². The molecule has 0 amide bonds. The normalized spacial score (nSPS) is 47.5. The van der Waals surface area contributed by atoms with Crippen molar-refractivity contribution in [2.75, 3.05) is 0 Å². The number of benzene rings is 1. The van der Waals surface area contributed by atoms with Gasteiger partial charge in [0.05, 0.1) is 12.2 Å².